The average molecular weight is 237 g/mol. The molecule has 1 rings (SSSR count). The van der Waals surface area contributed by atoms with E-state index in [1.54, 1.807) is 6.20 Å². The molecule has 1 heterocycles. The van der Waals surface area contributed by atoms with Crippen molar-refractivity contribution in [2.24, 2.45) is 0 Å². The van der Waals surface area contributed by atoms with Crippen molar-refractivity contribution in [3.05, 3.63) is 29.0 Å². The van der Waals surface area contributed by atoms with Crippen LogP contribution in [0.2, 0.25) is 5.15 Å². The van der Waals surface area contributed by atoms with E-state index in [9.17, 15) is 0 Å². The Bertz CT molecular complexity index is 340. The molecule has 0 radical (unpaired) electrons. The van der Waals surface area contributed by atoms with Crippen LogP contribution in [0.15, 0.2) is 18.3 Å². The zero-order valence-electron chi connectivity index (χ0n) is 9.54. The highest BCUT2D eigenvalue weighted by Crippen LogP contribution is 2.13. The van der Waals surface area contributed by atoms with Crippen LogP contribution in [0.5, 0.6) is 0 Å². The van der Waals surface area contributed by atoms with Gasteiger partial charge in [0.2, 0.25) is 0 Å². The second-order valence-electron chi connectivity index (χ2n) is 3.75. The molecule has 0 saturated carbocycles. The minimum Gasteiger partial charge on any atom is -0.310 e. The number of nitrogens with one attached hydrogen (secondary N) is 1. The van der Waals surface area contributed by atoms with E-state index in [0.717, 1.165) is 31.4 Å². The first-order valence-electron chi connectivity index (χ1n) is 5.52. The Morgan fingerprint density at radius 1 is 1.50 bits per heavy atom. The first-order chi connectivity index (χ1) is 7.74. The van der Waals surface area contributed by atoms with E-state index in [4.69, 9.17) is 18.0 Å². The van der Waals surface area contributed by atoms with Gasteiger partial charge in [0.15, 0.2) is 0 Å². The molecule has 1 aromatic rings. The van der Waals surface area contributed by atoms with E-state index in [1.807, 2.05) is 12.1 Å². The molecule has 16 heavy (non-hydrogen) atoms. The fourth-order valence-corrected chi connectivity index (χ4v) is 1.54. The Morgan fingerprint density at radius 2 is 2.31 bits per heavy atom. The molecule has 2 nitrogen and oxygen atoms in total. The molecular weight excluding hydrogens is 220 g/mol. The smallest absolute Gasteiger partial charge is 0.129 e. The van der Waals surface area contributed by atoms with E-state index < -0.39 is 0 Å². The summed E-state index contributed by atoms with van der Waals surface area (Å²) in [5.74, 6) is 2.64. The van der Waals surface area contributed by atoms with Gasteiger partial charge in [-0.1, -0.05) is 17.7 Å². The Balaban J connectivity index is 2.27. The van der Waals surface area contributed by atoms with Crippen molar-refractivity contribution >= 4 is 11.6 Å². The molecule has 0 bridgehead atoms. The Morgan fingerprint density at radius 3 is 2.94 bits per heavy atom. The van der Waals surface area contributed by atoms with E-state index >= 15 is 0 Å². The van der Waals surface area contributed by atoms with Crippen molar-refractivity contribution in [2.45, 2.75) is 32.2 Å². The molecule has 86 valence electrons. The molecule has 0 amide bonds. The minimum absolute atomic E-state index is 0.301. The van der Waals surface area contributed by atoms with E-state index in [2.05, 4.69) is 23.1 Å². The van der Waals surface area contributed by atoms with Crippen molar-refractivity contribution in [1.82, 2.24) is 10.3 Å². The molecule has 1 N–H and O–H groups in total. The van der Waals surface area contributed by atoms with E-state index in [0.29, 0.717) is 11.2 Å². The van der Waals surface area contributed by atoms with Crippen LogP contribution < -0.4 is 5.32 Å². The highest BCUT2D eigenvalue weighted by molar-refractivity contribution is 6.29. The predicted molar refractivity (Wildman–Crippen MR) is 68.3 cm³/mol. The van der Waals surface area contributed by atoms with Crippen LogP contribution in [-0.4, -0.2) is 11.5 Å². The maximum atomic E-state index is 5.73. The van der Waals surface area contributed by atoms with Gasteiger partial charge in [-0.3, -0.25) is 0 Å². The van der Waals surface area contributed by atoms with E-state index in [1.165, 1.54) is 0 Å². The lowest BCUT2D eigenvalue weighted by Crippen LogP contribution is -2.19. The van der Waals surface area contributed by atoms with Crippen LogP contribution in [0, 0.1) is 12.3 Å². The van der Waals surface area contributed by atoms with Crippen LogP contribution >= 0.6 is 11.6 Å². The SMILES string of the molecule is C#CCCCCNC(C)c1ccc(Cl)nc1. The van der Waals surface area contributed by atoms with Crippen LogP contribution in [0.3, 0.4) is 0 Å². The van der Waals surface area contributed by atoms with Crippen molar-refractivity contribution in [3.63, 3.8) is 0 Å². The summed E-state index contributed by atoms with van der Waals surface area (Å²) < 4.78 is 0. The summed E-state index contributed by atoms with van der Waals surface area (Å²) in [5.41, 5.74) is 1.15. The molecule has 3 heteroatoms. The van der Waals surface area contributed by atoms with Gasteiger partial charge in [0.1, 0.15) is 5.15 Å². The van der Waals surface area contributed by atoms with Gasteiger partial charge >= 0.3 is 0 Å². The van der Waals surface area contributed by atoms with Crippen LogP contribution in [0.4, 0.5) is 0 Å². The van der Waals surface area contributed by atoms with Crippen LogP contribution in [0.25, 0.3) is 0 Å². The summed E-state index contributed by atoms with van der Waals surface area (Å²) >= 11 is 5.73. The predicted octanol–water partition coefficient (Wildman–Crippen LogP) is 3.19. The highest BCUT2D eigenvalue weighted by Gasteiger charge is 2.04. The molecule has 1 unspecified atom stereocenters. The van der Waals surface area contributed by atoms with Crippen molar-refractivity contribution in [1.29, 1.82) is 0 Å². The summed E-state index contributed by atoms with van der Waals surface area (Å²) in [6.07, 6.45) is 10.0. The Labute approximate surface area is 102 Å². The highest BCUT2D eigenvalue weighted by atomic mass is 35.5. The number of halogens is 1. The zero-order chi connectivity index (χ0) is 11.8. The molecule has 1 aromatic heterocycles. The zero-order valence-corrected chi connectivity index (χ0v) is 10.3. The van der Waals surface area contributed by atoms with E-state index in [-0.39, 0.29) is 0 Å². The second-order valence-corrected chi connectivity index (χ2v) is 4.14. The van der Waals surface area contributed by atoms with Gasteiger partial charge < -0.3 is 5.32 Å². The standard InChI is InChI=1S/C13H17ClN2/c1-3-4-5-6-9-15-11(2)12-7-8-13(14)16-10-12/h1,7-8,10-11,15H,4-6,9H2,2H3. The molecule has 0 fully saturated rings. The van der Waals surface area contributed by atoms with Gasteiger partial charge in [-0.15, -0.1) is 12.3 Å². The number of hydrogen-bond acceptors (Lipinski definition) is 2. The summed E-state index contributed by atoms with van der Waals surface area (Å²) in [4.78, 5) is 4.06. The number of aromatic nitrogens is 1. The molecule has 0 spiro atoms. The van der Waals surface area contributed by atoms with Gasteiger partial charge in [-0.25, -0.2) is 4.98 Å². The third kappa shape index (κ3) is 4.65. The summed E-state index contributed by atoms with van der Waals surface area (Å²) in [6, 6.07) is 4.11. The first-order valence-corrected chi connectivity index (χ1v) is 5.90. The normalized spacial score (nSPS) is 12.1. The van der Waals surface area contributed by atoms with Gasteiger partial charge in [0, 0.05) is 18.7 Å². The average Bonchev–Trinajstić information content (AvgIpc) is 2.29. The second kappa shape index (κ2) is 7.27. The van der Waals surface area contributed by atoms with Gasteiger partial charge in [0.05, 0.1) is 0 Å². The van der Waals surface area contributed by atoms with Gasteiger partial charge in [-0.2, -0.15) is 0 Å². The Kier molecular flexibility index (Phi) is 5.92. The maximum Gasteiger partial charge on any atom is 0.129 e. The molecule has 0 aliphatic carbocycles. The van der Waals surface area contributed by atoms with Crippen LogP contribution in [0.1, 0.15) is 37.8 Å². The number of terminal acetylenes is 1. The number of unbranched alkanes of at least 4 members (excludes halogenated alkanes) is 2. The number of rotatable bonds is 6. The lowest BCUT2D eigenvalue weighted by atomic mass is 10.1. The maximum absolute atomic E-state index is 5.73. The monoisotopic (exact) mass is 236 g/mol. The molecule has 0 aliphatic rings. The molecule has 1 atom stereocenters. The number of nitrogens with zero attached hydrogens (tertiary/aromatic N) is 1. The summed E-state index contributed by atoms with van der Waals surface area (Å²) in [5, 5.41) is 3.96. The van der Waals surface area contributed by atoms with Crippen LogP contribution in [-0.2, 0) is 0 Å². The molecular formula is C13H17ClN2. The number of hydrogen-bond donors (Lipinski definition) is 1. The van der Waals surface area contributed by atoms with Crippen molar-refractivity contribution in [3.8, 4) is 12.3 Å². The topological polar surface area (TPSA) is 24.9 Å². The largest absolute Gasteiger partial charge is 0.310 e. The van der Waals surface area contributed by atoms with Gasteiger partial charge in [-0.05, 0) is 37.9 Å². The molecule has 0 aromatic carbocycles. The number of pyridine rings is 1. The van der Waals surface area contributed by atoms with Crippen molar-refractivity contribution < 1.29 is 0 Å². The lowest BCUT2D eigenvalue weighted by molar-refractivity contribution is 0.548. The third-order valence-corrected chi connectivity index (χ3v) is 2.67. The first kappa shape index (κ1) is 13.0. The van der Waals surface area contributed by atoms with Gasteiger partial charge in [0.25, 0.3) is 0 Å². The minimum atomic E-state index is 0.301. The Hall–Kier alpha value is -1.04. The molecule has 0 aliphatic heterocycles. The lowest BCUT2D eigenvalue weighted by Gasteiger charge is -2.13. The fraction of sp³-hybridized carbons (Fsp3) is 0.462. The third-order valence-electron chi connectivity index (χ3n) is 2.45. The quantitative estimate of drug-likeness (QED) is 0.466. The fourth-order valence-electron chi connectivity index (χ4n) is 1.43. The molecule has 0 saturated heterocycles. The van der Waals surface area contributed by atoms with Crippen molar-refractivity contribution in [2.75, 3.05) is 6.54 Å². The summed E-state index contributed by atoms with van der Waals surface area (Å²) in [7, 11) is 0. The summed E-state index contributed by atoms with van der Waals surface area (Å²) in [6.45, 7) is 3.09.